The van der Waals surface area contributed by atoms with Gasteiger partial charge in [0.2, 0.25) is 5.91 Å². The van der Waals surface area contributed by atoms with Crippen LogP contribution in [0.25, 0.3) is 0 Å². The van der Waals surface area contributed by atoms with Gasteiger partial charge in [0, 0.05) is 19.2 Å². The van der Waals surface area contributed by atoms with E-state index >= 15 is 0 Å². The van der Waals surface area contributed by atoms with Crippen LogP contribution in [-0.2, 0) is 27.9 Å². The van der Waals surface area contributed by atoms with Crippen LogP contribution in [0.3, 0.4) is 0 Å². The Kier molecular flexibility index (Phi) is 7.96. The number of anilines is 1. The lowest BCUT2D eigenvalue weighted by Gasteiger charge is -2.32. The van der Waals surface area contributed by atoms with Crippen LogP contribution in [0.15, 0.2) is 17.1 Å². The second kappa shape index (κ2) is 10.7. The molecule has 0 saturated carbocycles. The number of urea groups is 1. The number of carbonyl (C=O) groups is 2. The zero-order valence-electron chi connectivity index (χ0n) is 19.0. The van der Waals surface area contributed by atoms with E-state index in [4.69, 9.17) is 24.3 Å². The number of phosphoric acid groups is 1. The third-order valence-corrected chi connectivity index (χ3v) is 6.99. The van der Waals surface area contributed by atoms with E-state index in [9.17, 15) is 44.3 Å². The Bertz CT molecular complexity index is 1140. The molecule has 4 heterocycles. The summed E-state index contributed by atoms with van der Waals surface area (Å²) in [6.45, 7) is -1.66. The molecule has 0 radical (unpaired) electrons. The van der Waals surface area contributed by atoms with Gasteiger partial charge in [-0.25, -0.2) is 14.2 Å². The molecular formula is C18H26N5O13P. The second-order valence-corrected chi connectivity index (χ2v) is 9.86. The summed E-state index contributed by atoms with van der Waals surface area (Å²) in [4.78, 5) is 50.1. The minimum Gasteiger partial charge on any atom is -0.394 e. The number of nitrogens with zero attached hydrogens (tertiary/aromatic N) is 3. The number of aliphatic hydroxyl groups is 4. The lowest BCUT2D eigenvalue weighted by Crippen LogP contribution is -2.56. The predicted molar refractivity (Wildman–Crippen MR) is 116 cm³/mol. The molecule has 3 fully saturated rings. The lowest BCUT2D eigenvalue weighted by atomic mass is 10.1. The van der Waals surface area contributed by atoms with E-state index in [-0.39, 0.29) is 18.8 Å². The van der Waals surface area contributed by atoms with Gasteiger partial charge in [-0.1, -0.05) is 0 Å². The molecule has 1 aromatic rings. The van der Waals surface area contributed by atoms with Crippen molar-refractivity contribution in [2.75, 3.05) is 25.5 Å². The number of phosphoric ester groups is 1. The third-order valence-electron chi connectivity index (χ3n) is 6.00. The van der Waals surface area contributed by atoms with Crippen molar-refractivity contribution in [2.45, 2.75) is 55.5 Å². The van der Waals surface area contributed by atoms with Crippen LogP contribution in [0.4, 0.5) is 10.6 Å². The molecule has 0 aromatic carbocycles. The fourth-order valence-electron chi connectivity index (χ4n) is 4.14. The molecule has 4 rings (SSSR count). The highest BCUT2D eigenvalue weighted by Gasteiger charge is 2.51. The molecule has 206 valence electrons. The lowest BCUT2D eigenvalue weighted by molar-refractivity contribution is -0.125. The summed E-state index contributed by atoms with van der Waals surface area (Å²) in [5.41, 5.74) is 4.54. The molecule has 0 aliphatic carbocycles. The van der Waals surface area contributed by atoms with Gasteiger partial charge in [0.25, 0.3) is 0 Å². The van der Waals surface area contributed by atoms with Gasteiger partial charge in [-0.15, -0.1) is 0 Å². The summed E-state index contributed by atoms with van der Waals surface area (Å²) in [5.74, 6) is -0.613. The summed E-state index contributed by atoms with van der Waals surface area (Å²) < 4.78 is 34.2. The first-order chi connectivity index (χ1) is 17.4. The molecule has 8 N–H and O–H groups in total. The Labute approximate surface area is 207 Å². The Morgan fingerprint density at radius 3 is 2.49 bits per heavy atom. The van der Waals surface area contributed by atoms with E-state index < -0.39 is 87.7 Å². The van der Waals surface area contributed by atoms with E-state index in [1.807, 2.05) is 5.32 Å². The van der Waals surface area contributed by atoms with Crippen LogP contribution in [-0.4, -0.2) is 114 Å². The molecule has 0 spiro atoms. The number of hydrogen-bond acceptors (Lipinski definition) is 14. The Balaban J connectivity index is 1.39. The highest BCUT2D eigenvalue weighted by atomic mass is 31.2. The molecule has 0 bridgehead atoms. The number of nitrogen functional groups attached to an aromatic ring is 1. The zero-order chi connectivity index (χ0) is 27.1. The van der Waals surface area contributed by atoms with Crippen molar-refractivity contribution < 1.29 is 58.0 Å². The van der Waals surface area contributed by atoms with Crippen LogP contribution in [0.2, 0.25) is 0 Å². The quantitative estimate of drug-likeness (QED) is 0.152. The van der Waals surface area contributed by atoms with Crippen molar-refractivity contribution in [3.63, 3.8) is 0 Å². The Hall–Kier alpha value is -2.51. The maximum absolute atomic E-state index is 12.6. The number of hydrogen-bond donors (Lipinski definition) is 7. The average molecular weight is 551 g/mol. The van der Waals surface area contributed by atoms with Crippen molar-refractivity contribution >= 4 is 25.6 Å². The van der Waals surface area contributed by atoms with Crippen LogP contribution in [0, 0.1) is 0 Å². The third kappa shape index (κ3) is 5.68. The normalized spacial score (nSPS) is 36.0. The molecule has 3 amide bonds. The number of imide groups is 1. The zero-order valence-corrected chi connectivity index (χ0v) is 19.9. The highest BCUT2D eigenvalue weighted by Crippen LogP contribution is 2.48. The van der Waals surface area contributed by atoms with E-state index in [2.05, 4.69) is 4.98 Å². The van der Waals surface area contributed by atoms with Gasteiger partial charge in [0.1, 0.15) is 42.4 Å². The average Bonchev–Trinajstić information content (AvgIpc) is 3.28. The van der Waals surface area contributed by atoms with E-state index in [0.717, 1.165) is 9.47 Å². The molecule has 3 aliphatic heterocycles. The van der Waals surface area contributed by atoms with Crippen molar-refractivity contribution in [1.29, 1.82) is 0 Å². The minimum atomic E-state index is -5.02. The number of amides is 3. The van der Waals surface area contributed by atoms with E-state index in [1.54, 1.807) is 0 Å². The first-order valence-electron chi connectivity index (χ1n) is 11.0. The molecule has 18 nitrogen and oxygen atoms in total. The van der Waals surface area contributed by atoms with Crippen LogP contribution in [0.5, 0.6) is 0 Å². The van der Waals surface area contributed by atoms with Gasteiger partial charge < -0.3 is 40.5 Å². The predicted octanol–water partition coefficient (Wildman–Crippen LogP) is -4.03. The summed E-state index contributed by atoms with van der Waals surface area (Å²) in [5, 5.41) is 42.8. The number of aliphatic hydroxyl groups excluding tert-OH is 4. The van der Waals surface area contributed by atoms with Crippen molar-refractivity contribution in [1.82, 2.24) is 19.8 Å². The standard InChI is InChI=1S/C18H26N5O13P/c19-9-1-3-22(17(29)20-9)16-13(28)14(7(5-24)34-16)36-37(31,32)33-6-8-11(26)12(27)15(35-8)23-4-2-10(25)21-18(23)30/h1,3,7-8,11-16,24,26-28H,2,4-6H2,(H,31,32)(H2,19,20,29)(H,21,25,30). The highest BCUT2D eigenvalue weighted by molar-refractivity contribution is 7.47. The first-order valence-corrected chi connectivity index (χ1v) is 12.5. The van der Waals surface area contributed by atoms with Crippen LogP contribution >= 0.6 is 7.82 Å². The first kappa shape index (κ1) is 27.5. The second-order valence-electron chi connectivity index (χ2n) is 8.46. The van der Waals surface area contributed by atoms with Crippen molar-refractivity contribution in [3.05, 3.63) is 22.7 Å². The Morgan fingerprint density at radius 1 is 1.14 bits per heavy atom. The number of nitrogens with two attached hydrogens (primary N) is 1. The number of aromatic nitrogens is 2. The molecule has 37 heavy (non-hydrogen) atoms. The largest absolute Gasteiger partial charge is 0.472 e. The van der Waals surface area contributed by atoms with Crippen LogP contribution < -0.4 is 16.7 Å². The van der Waals surface area contributed by atoms with E-state index in [1.165, 1.54) is 12.3 Å². The maximum atomic E-state index is 12.6. The molecular weight excluding hydrogens is 525 g/mol. The van der Waals surface area contributed by atoms with Crippen molar-refractivity contribution in [3.8, 4) is 0 Å². The fraction of sp³-hybridized carbons (Fsp3) is 0.667. The minimum absolute atomic E-state index is 0.0629. The smallest absolute Gasteiger partial charge is 0.394 e. The molecule has 9 unspecified atom stereocenters. The summed E-state index contributed by atoms with van der Waals surface area (Å²) in [6.07, 6.45) is -11.1. The van der Waals surface area contributed by atoms with Gasteiger partial charge in [-0.3, -0.25) is 28.6 Å². The number of ether oxygens (including phenoxy) is 2. The van der Waals surface area contributed by atoms with Crippen molar-refractivity contribution in [2.24, 2.45) is 0 Å². The monoisotopic (exact) mass is 551 g/mol. The Morgan fingerprint density at radius 2 is 1.84 bits per heavy atom. The fourth-order valence-corrected chi connectivity index (χ4v) is 5.11. The summed E-state index contributed by atoms with van der Waals surface area (Å²) in [7, 11) is -5.02. The summed E-state index contributed by atoms with van der Waals surface area (Å²) in [6, 6.07) is 0.403. The molecule has 9 atom stereocenters. The van der Waals surface area contributed by atoms with Crippen LogP contribution in [0.1, 0.15) is 12.6 Å². The van der Waals surface area contributed by atoms with Gasteiger partial charge in [0.15, 0.2) is 12.5 Å². The van der Waals surface area contributed by atoms with Gasteiger partial charge in [-0.2, -0.15) is 4.98 Å². The molecule has 3 saturated heterocycles. The molecule has 19 heteroatoms. The van der Waals surface area contributed by atoms with E-state index in [0.29, 0.717) is 0 Å². The summed E-state index contributed by atoms with van der Waals surface area (Å²) >= 11 is 0. The van der Waals surface area contributed by atoms with Gasteiger partial charge >= 0.3 is 19.5 Å². The number of nitrogens with one attached hydrogen (secondary N) is 1. The SMILES string of the molecule is Nc1ccn(C2OC(CO)C(OP(=O)(O)OCC3OC(N4CCC(=O)NC4=O)C(O)C3O)C2O)c(=O)n1. The van der Waals surface area contributed by atoms with Gasteiger partial charge in [-0.05, 0) is 6.07 Å². The topological polar surface area (TPSA) is 265 Å². The number of carbonyl (C=O) groups excluding carboxylic acids is 2. The molecule has 1 aromatic heterocycles. The number of rotatable bonds is 8. The maximum Gasteiger partial charge on any atom is 0.472 e. The molecule has 3 aliphatic rings. The van der Waals surface area contributed by atoms with Gasteiger partial charge in [0.05, 0.1) is 13.2 Å².